The maximum absolute atomic E-state index is 10.1. The molecule has 76 valence electrons. The quantitative estimate of drug-likeness (QED) is 0.806. The molecule has 2 aromatic rings. The molecule has 1 aromatic carbocycles. The summed E-state index contributed by atoms with van der Waals surface area (Å²) in [6.07, 6.45) is -0.633. The number of hydrogen-bond acceptors (Lipinski definition) is 2. The standard InChI is InChI=1S/C13H13NO/c1-10-6-5-9-12(14-10)13(15)11-7-3-2-4-8-11/h2-9,13,15H,1H3. The fourth-order valence-electron chi connectivity index (χ4n) is 1.52. The lowest BCUT2D eigenvalue weighted by Crippen LogP contribution is -2.02. The van der Waals surface area contributed by atoms with Crippen molar-refractivity contribution in [1.29, 1.82) is 0 Å². The highest BCUT2D eigenvalue weighted by molar-refractivity contribution is 5.26. The normalized spacial score (nSPS) is 12.4. The van der Waals surface area contributed by atoms with Crippen molar-refractivity contribution in [2.75, 3.05) is 0 Å². The van der Waals surface area contributed by atoms with E-state index in [2.05, 4.69) is 4.98 Å². The minimum absolute atomic E-state index is 0.633. The van der Waals surface area contributed by atoms with E-state index in [4.69, 9.17) is 0 Å². The second-order valence-corrected chi connectivity index (χ2v) is 3.52. The number of aliphatic hydroxyl groups is 1. The molecule has 0 saturated carbocycles. The average molecular weight is 199 g/mol. The van der Waals surface area contributed by atoms with Crippen LogP contribution in [0.15, 0.2) is 48.5 Å². The monoisotopic (exact) mass is 199 g/mol. The van der Waals surface area contributed by atoms with Crippen molar-refractivity contribution in [2.45, 2.75) is 13.0 Å². The molecule has 1 N–H and O–H groups in total. The van der Waals surface area contributed by atoms with Gasteiger partial charge < -0.3 is 5.11 Å². The Hall–Kier alpha value is -1.67. The Morgan fingerprint density at radius 3 is 2.40 bits per heavy atom. The second-order valence-electron chi connectivity index (χ2n) is 3.52. The lowest BCUT2D eigenvalue weighted by molar-refractivity contribution is 0.215. The Bertz CT molecular complexity index is 439. The first-order valence-electron chi connectivity index (χ1n) is 4.94. The lowest BCUT2D eigenvalue weighted by Gasteiger charge is -2.10. The number of aryl methyl sites for hydroxylation is 1. The van der Waals surface area contributed by atoms with E-state index in [1.807, 2.05) is 55.5 Å². The van der Waals surface area contributed by atoms with Crippen molar-refractivity contribution in [3.8, 4) is 0 Å². The van der Waals surface area contributed by atoms with E-state index in [0.717, 1.165) is 11.3 Å². The number of hydrogen-bond donors (Lipinski definition) is 1. The van der Waals surface area contributed by atoms with E-state index in [-0.39, 0.29) is 0 Å². The van der Waals surface area contributed by atoms with E-state index < -0.39 is 6.10 Å². The summed E-state index contributed by atoms with van der Waals surface area (Å²) >= 11 is 0. The first-order chi connectivity index (χ1) is 7.27. The van der Waals surface area contributed by atoms with Crippen molar-refractivity contribution in [1.82, 2.24) is 4.98 Å². The number of aliphatic hydroxyl groups excluding tert-OH is 1. The first-order valence-corrected chi connectivity index (χ1v) is 4.94. The number of nitrogens with zero attached hydrogens (tertiary/aromatic N) is 1. The van der Waals surface area contributed by atoms with E-state index in [9.17, 15) is 5.11 Å². The van der Waals surface area contributed by atoms with E-state index in [1.165, 1.54) is 0 Å². The van der Waals surface area contributed by atoms with Crippen LogP contribution in [0.2, 0.25) is 0 Å². The van der Waals surface area contributed by atoms with Gasteiger partial charge in [0.15, 0.2) is 0 Å². The van der Waals surface area contributed by atoms with Gasteiger partial charge in [-0.1, -0.05) is 36.4 Å². The molecule has 1 atom stereocenters. The summed E-state index contributed by atoms with van der Waals surface area (Å²) in [5.41, 5.74) is 2.49. The van der Waals surface area contributed by atoms with E-state index in [1.54, 1.807) is 0 Å². The van der Waals surface area contributed by atoms with Gasteiger partial charge in [0.25, 0.3) is 0 Å². The van der Waals surface area contributed by atoms with Gasteiger partial charge in [-0.3, -0.25) is 4.98 Å². The van der Waals surface area contributed by atoms with Crippen LogP contribution < -0.4 is 0 Å². The summed E-state index contributed by atoms with van der Waals surface area (Å²) in [6.45, 7) is 1.92. The molecule has 2 rings (SSSR count). The molecule has 15 heavy (non-hydrogen) atoms. The molecule has 1 aromatic heterocycles. The summed E-state index contributed by atoms with van der Waals surface area (Å²) in [6, 6.07) is 15.2. The van der Waals surface area contributed by atoms with Crippen LogP contribution in [-0.2, 0) is 0 Å². The van der Waals surface area contributed by atoms with Crippen LogP contribution in [-0.4, -0.2) is 10.1 Å². The molecule has 0 bridgehead atoms. The van der Waals surface area contributed by atoms with Crippen molar-refractivity contribution < 1.29 is 5.11 Å². The number of benzene rings is 1. The number of pyridine rings is 1. The highest BCUT2D eigenvalue weighted by atomic mass is 16.3. The van der Waals surface area contributed by atoms with E-state index in [0.29, 0.717) is 5.69 Å². The summed E-state index contributed by atoms with van der Waals surface area (Å²) < 4.78 is 0. The predicted octanol–water partition coefficient (Wildman–Crippen LogP) is 2.47. The zero-order valence-electron chi connectivity index (χ0n) is 8.59. The molecule has 1 unspecified atom stereocenters. The Kier molecular flexibility index (Phi) is 2.79. The van der Waals surface area contributed by atoms with Crippen LogP contribution in [0.4, 0.5) is 0 Å². The number of aromatic nitrogens is 1. The maximum atomic E-state index is 10.1. The molecule has 0 radical (unpaired) electrons. The van der Waals surface area contributed by atoms with Gasteiger partial charge in [0.1, 0.15) is 6.10 Å². The van der Waals surface area contributed by atoms with Crippen LogP contribution in [0.1, 0.15) is 23.1 Å². The molecule has 0 aliphatic carbocycles. The van der Waals surface area contributed by atoms with Crippen molar-refractivity contribution in [3.05, 3.63) is 65.5 Å². The first kappa shape index (κ1) is 9.87. The van der Waals surface area contributed by atoms with Crippen LogP contribution in [0, 0.1) is 6.92 Å². The van der Waals surface area contributed by atoms with Gasteiger partial charge in [0.05, 0.1) is 5.69 Å². The third-order valence-corrected chi connectivity index (χ3v) is 2.31. The van der Waals surface area contributed by atoms with Gasteiger partial charge in [0, 0.05) is 5.69 Å². The topological polar surface area (TPSA) is 33.1 Å². The number of rotatable bonds is 2. The lowest BCUT2D eigenvalue weighted by atomic mass is 10.1. The molecular weight excluding hydrogens is 186 g/mol. The summed E-state index contributed by atoms with van der Waals surface area (Å²) in [7, 11) is 0. The second kappa shape index (κ2) is 4.24. The fourth-order valence-corrected chi connectivity index (χ4v) is 1.52. The molecule has 0 fully saturated rings. The van der Waals surface area contributed by atoms with Crippen molar-refractivity contribution in [3.63, 3.8) is 0 Å². The molecular formula is C13H13NO. The zero-order chi connectivity index (χ0) is 10.7. The molecule has 0 saturated heterocycles. The predicted molar refractivity (Wildman–Crippen MR) is 59.5 cm³/mol. The van der Waals surface area contributed by atoms with Gasteiger partial charge in [-0.05, 0) is 24.6 Å². The highest BCUT2D eigenvalue weighted by Gasteiger charge is 2.10. The SMILES string of the molecule is Cc1cccc(C(O)c2ccccc2)n1. The summed E-state index contributed by atoms with van der Waals surface area (Å²) in [5, 5.41) is 10.1. The van der Waals surface area contributed by atoms with Gasteiger partial charge in [0.2, 0.25) is 0 Å². The molecule has 1 heterocycles. The van der Waals surface area contributed by atoms with Gasteiger partial charge in [-0.15, -0.1) is 0 Å². The largest absolute Gasteiger partial charge is 0.382 e. The maximum Gasteiger partial charge on any atom is 0.121 e. The van der Waals surface area contributed by atoms with E-state index >= 15 is 0 Å². The third kappa shape index (κ3) is 2.22. The average Bonchev–Trinajstić information content (AvgIpc) is 2.29. The molecule has 0 spiro atoms. The fraction of sp³-hybridized carbons (Fsp3) is 0.154. The highest BCUT2D eigenvalue weighted by Crippen LogP contribution is 2.19. The van der Waals surface area contributed by atoms with Crippen molar-refractivity contribution >= 4 is 0 Å². The summed E-state index contributed by atoms with van der Waals surface area (Å²) in [4.78, 5) is 4.30. The molecule has 0 aliphatic rings. The third-order valence-electron chi connectivity index (χ3n) is 2.31. The minimum Gasteiger partial charge on any atom is -0.382 e. The smallest absolute Gasteiger partial charge is 0.121 e. The molecule has 2 heteroatoms. The van der Waals surface area contributed by atoms with Gasteiger partial charge in [-0.2, -0.15) is 0 Å². The Morgan fingerprint density at radius 1 is 1.00 bits per heavy atom. The molecule has 0 amide bonds. The summed E-state index contributed by atoms with van der Waals surface area (Å²) in [5.74, 6) is 0. The Morgan fingerprint density at radius 2 is 1.73 bits per heavy atom. The Balaban J connectivity index is 2.32. The zero-order valence-corrected chi connectivity index (χ0v) is 8.59. The minimum atomic E-state index is -0.633. The van der Waals surface area contributed by atoms with Crippen LogP contribution in [0.3, 0.4) is 0 Å². The van der Waals surface area contributed by atoms with Crippen LogP contribution >= 0.6 is 0 Å². The van der Waals surface area contributed by atoms with Gasteiger partial charge in [-0.25, -0.2) is 0 Å². The van der Waals surface area contributed by atoms with Crippen molar-refractivity contribution in [2.24, 2.45) is 0 Å². The Labute approximate surface area is 89.2 Å². The van der Waals surface area contributed by atoms with Gasteiger partial charge >= 0.3 is 0 Å². The van der Waals surface area contributed by atoms with Crippen LogP contribution in [0.5, 0.6) is 0 Å². The molecule has 2 nitrogen and oxygen atoms in total. The molecule has 0 aliphatic heterocycles. The van der Waals surface area contributed by atoms with Crippen LogP contribution in [0.25, 0.3) is 0 Å².